The van der Waals surface area contributed by atoms with Crippen LogP contribution in [0.15, 0.2) is 48.5 Å². The first-order valence-electron chi connectivity index (χ1n) is 9.72. The Kier molecular flexibility index (Phi) is 8.34. The Labute approximate surface area is 166 Å². The minimum atomic E-state index is -0.176. The van der Waals surface area contributed by atoms with Gasteiger partial charge in [0.25, 0.3) is 0 Å². The Morgan fingerprint density at radius 1 is 1.00 bits per heavy atom. The Hall–Kier alpha value is -3.02. The van der Waals surface area contributed by atoms with Crippen LogP contribution in [0.5, 0.6) is 5.75 Å². The Morgan fingerprint density at radius 2 is 1.71 bits per heavy atom. The van der Waals surface area contributed by atoms with Crippen LogP contribution < -0.4 is 10.6 Å². The molecule has 150 valence electrons. The molecule has 3 amide bonds. The maximum absolute atomic E-state index is 12.6. The highest BCUT2D eigenvalue weighted by molar-refractivity contribution is 5.90. The molecule has 2 rings (SSSR count). The second-order valence-corrected chi connectivity index (χ2v) is 6.70. The normalized spacial score (nSPS) is 10.4. The number of aromatic hydroxyl groups is 1. The molecule has 0 radical (unpaired) electrons. The van der Waals surface area contributed by atoms with E-state index in [2.05, 4.69) is 10.6 Å². The van der Waals surface area contributed by atoms with Gasteiger partial charge in [-0.25, -0.2) is 4.79 Å². The van der Waals surface area contributed by atoms with Crippen molar-refractivity contribution in [3.8, 4) is 5.75 Å². The van der Waals surface area contributed by atoms with Crippen LogP contribution >= 0.6 is 0 Å². The summed E-state index contributed by atoms with van der Waals surface area (Å²) in [6.07, 6.45) is 2.14. The number of amides is 3. The van der Waals surface area contributed by atoms with Crippen molar-refractivity contribution in [3.05, 3.63) is 59.7 Å². The molecule has 6 nitrogen and oxygen atoms in total. The fraction of sp³-hybridized carbons (Fsp3) is 0.364. The number of phenols is 1. The fourth-order valence-corrected chi connectivity index (χ4v) is 2.82. The van der Waals surface area contributed by atoms with E-state index in [0.717, 1.165) is 29.7 Å². The average Bonchev–Trinajstić information content (AvgIpc) is 2.68. The van der Waals surface area contributed by atoms with Crippen molar-refractivity contribution in [2.75, 3.05) is 11.9 Å². The number of para-hydroxylation sites is 1. The highest BCUT2D eigenvalue weighted by Crippen LogP contribution is 2.18. The standard InChI is InChI=1S/C22H29N3O3/c1-3-7-21(27)24-19-12-10-17(11-13-19)15-23-22(28)25(14-4-2)16-18-8-5-6-9-20(18)26/h5-6,8-13,26H,3-4,7,14-16H2,1-2H3,(H,23,28)(H,24,27). The number of nitrogens with one attached hydrogen (secondary N) is 2. The van der Waals surface area contributed by atoms with Crippen molar-refractivity contribution < 1.29 is 14.7 Å². The average molecular weight is 383 g/mol. The molecule has 0 fully saturated rings. The molecule has 0 bridgehead atoms. The number of urea groups is 1. The van der Waals surface area contributed by atoms with Crippen LogP contribution in [-0.2, 0) is 17.9 Å². The SMILES string of the molecule is CCCC(=O)Nc1ccc(CNC(=O)N(CCC)Cc2ccccc2O)cc1. The molecule has 0 atom stereocenters. The molecule has 3 N–H and O–H groups in total. The van der Waals surface area contributed by atoms with Crippen LogP contribution in [0.1, 0.15) is 44.2 Å². The van der Waals surface area contributed by atoms with Crippen LogP contribution in [0, 0.1) is 0 Å². The number of hydrogen-bond donors (Lipinski definition) is 3. The summed E-state index contributed by atoms with van der Waals surface area (Å²) in [5, 5.41) is 15.7. The second kappa shape index (κ2) is 11.0. The molecular formula is C22H29N3O3. The predicted molar refractivity (Wildman–Crippen MR) is 111 cm³/mol. The summed E-state index contributed by atoms with van der Waals surface area (Å²) < 4.78 is 0. The van der Waals surface area contributed by atoms with E-state index >= 15 is 0 Å². The molecule has 0 spiro atoms. The van der Waals surface area contributed by atoms with Crippen LogP contribution in [0.2, 0.25) is 0 Å². The van der Waals surface area contributed by atoms with Gasteiger partial charge in [-0.3, -0.25) is 4.79 Å². The zero-order valence-electron chi connectivity index (χ0n) is 16.6. The van der Waals surface area contributed by atoms with Gasteiger partial charge in [0.1, 0.15) is 5.75 Å². The summed E-state index contributed by atoms with van der Waals surface area (Å²) >= 11 is 0. The van der Waals surface area contributed by atoms with Crippen molar-refractivity contribution in [2.24, 2.45) is 0 Å². The lowest BCUT2D eigenvalue weighted by molar-refractivity contribution is -0.116. The van der Waals surface area contributed by atoms with Gasteiger partial charge in [0, 0.05) is 30.8 Å². The molecule has 0 saturated heterocycles. The molecule has 2 aromatic carbocycles. The Morgan fingerprint density at radius 3 is 2.36 bits per heavy atom. The molecule has 0 saturated carbocycles. The molecule has 0 aliphatic rings. The van der Waals surface area contributed by atoms with Gasteiger partial charge >= 0.3 is 6.03 Å². The van der Waals surface area contributed by atoms with Crippen LogP contribution in [0.25, 0.3) is 0 Å². The van der Waals surface area contributed by atoms with E-state index in [4.69, 9.17) is 0 Å². The zero-order chi connectivity index (χ0) is 20.4. The quantitative estimate of drug-likeness (QED) is 0.605. The molecule has 2 aromatic rings. The number of nitrogens with zero attached hydrogens (tertiary/aromatic N) is 1. The maximum Gasteiger partial charge on any atom is 0.317 e. The number of hydrogen-bond acceptors (Lipinski definition) is 3. The predicted octanol–water partition coefficient (Wildman–Crippen LogP) is 4.25. The third-order valence-corrected chi connectivity index (χ3v) is 4.29. The Bertz CT molecular complexity index is 775. The van der Waals surface area contributed by atoms with E-state index in [0.29, 0.717) is 26.1 Å². The fourth-order valence-electron chi connectivity index (χ4n) is 2.82. The van der Waals surface area contributed by atoms with Gasteiger partial charge in [0.2, 0.25) is 5.91 Å². The molecule has 0 unspecified atom stereocenters. The zero-order valence-corrected chi connectivity index (χ0v) is 16.6. The summed E-state index contributed by atoms with van der Waals surface area (Å²) in [7, 11) is 0. The molecule has 6 heteroatoms. The lowest BCUT2D eigenvalue weighted by atomic mass is 10.2. The summed E-state index contributed by atoms with van der Waals surface area (Å²) in [5.41, 5.74) is 2.42. The van der Waals surface area contributed by atoms with Crippen molar-refractivity contribution in [1.82, 2.24) is 10.2 Å². The van der Waals surface area contributed by atoms with Crippen LogP contribution in [0.3, 0.4) is 0 Å². The van der Waals surface area contributed by atoms with Crippen LogP contribution in [-0.4, -0.2) is 28.5 Å². The minimum Gasteiger partial charge on any atom is -0.508 e. The maximum atomic E-state index is 12.6. The van der Waals surface area contributed by atoms with Gasteiger partial charge in [-0.15, -0.1) is 0 Å². The number of carbonyl (C=O) groups excluding carboxylic acids is 2. The summed E-state index contributed by atoms with van der Waals surface area (Å²) in [5.74, 6) is 0.194. The van der Waals surface area contributed by atoms with Gasteiger partial charge in [0.05, 0.1) is 6.54 Å². The Balaban J connectivity index is 1.91. The molecular weight excluding hydrogens is 354 g/mol. The number of rotatable bonds is 9. The van der Waals surface area contributed by atoms with Crippen molar-refractivity contribution >= 4 is 17.6 Å². The summed E-state index contributed by atoms with van der Waals surface area (Å²) in [4.78, 5) is 25.9. The lowest BCUT2D eigenvalue weighted by Crippen LogP contribution is -2.39. The lowest BCUT2D eigenvalue weighted by Gasteiger charge is -2.23. The molecule has 0 heterocycles. The monoisotopic (exact) mass is 383 g/mol. The summed E-state index contributed by atoms with van der Waals surface area (Å²) in [6.45, 7) is 5.32. The van der Waals surface area contributed by atoms with Gasteiger partial charge in [-0.05, 0) is 36.6 Å². The first kappa shape index (κ1) is 21.3. The van der Waals surface area contributed by atoms with Crippen LogP contribution in [0.4, 0.5) is 10.5 Å². The minimum absolute atomic E-state index is 0.00271. The van der Waals surface area contributed by atoms with Crippen molar-refractivity contribution in [1.29, 1.82) is 0 Å². The molecule has 28 heavy (non-hydrogen) atoms. The first-order valence-corrected chi connectivity index (χ1v) is 9.72. The third kappa shape index (κ3) is 6.61. The van der Waals surface area contributed by atoms with Gasteiger partial charge < -0.3 is 20.6 Å². The third-order valence-electron chi connectivity index (χ3n) is 4.29. The summed E-state index contributed by atoms with van der Waals surface area (Å²) in [6, 6.07) is 14.3. The molecule has 0 aliphatic carbocycles. The van der Waals surface area contributed by atoms with E-state index in [9.17, 15) is 14.7 Å². The molecule has 0 aliphatic heterocycles. The topological polar surface area (TPSA) is 81.7 Å². The number of carbonyl (C=O) groups is 2. The number of phenolic OH excluding ortho intramolecular Hbond substituents is 1. The van der Waals surface area contributed by atoms with E-state index in [-0.39, 0.29) is 17.7 Å². The van der Waals surface area contributed by atoms with E-state index in [1.165, 1.54) is 0 Å². The van der Waals surface area contributed by atoms with E-state index in [1.807, 2.05) is 50.2 Å². The van der Waals surface area contributed by atoms with E-state index < -0.39 is 0 Å². The van der Waals surface area contributed by atoms with E-state index in [1.54, 1.807) is 17.0 Å². The molecule has 0 aromatic heterocycles. The smallest absolute Gasteiger partial charge is 0.317 e. The number of anilines is 1. The van der Waals surface area contributed by atoms with Crippen molar-refractivity contribution in [3.63, 3.8) is 0 Å². The number of benzene rings is 2. The highest BCUT2D eigenvalue weighted by Gasteiger charge is 2.14. The highest BCUT2D eigenvalue weighted by atomic mass is 16.3. The van der Waals surface area contributed by atoms with Gasteiger partial charge in [-0.2, -0.15) is 0 Å². The van der Waals surface area contributed by atoms with Gasteiger partial charge in [-0.1, -0.05) is 44.2 Å². The first-order chi connectivity index (χ1) is 13.5. The van der Waals surface area contributed by atoms with Gasteiger partial charge in [0.15, 0.2) is 0 Å². The largest absolute Gasteiger partial charge is 0.508 e. The second-order valence-electron chi connectivity index (χ2n) is 6.70. The van der Waals surface area contributed by atoms with Crippen molar-refractivity contribution in [2.45, 2.75) is 46.2 Å².